The van der Waals surface area contributed by atoms with Crippen molar-refractivity contribution < 1.29 is 22.7 Å². The first kappa shape index (κ1) is 20.0. The van der Waals surface area contributed by atoms with Gasteiger partial charge in [0.2, 0.25) is 10.0 Å². The molecule has 0 saturated carbocycles. The zero-order chi connectivity index (χ0) is 18.7. The Morgan fingerprint density at radius 1 is 1.32 bits per heavy atom. The summed E-state index contributed by atoms with van der Waals surface area (Å²) in [5.74, 6) is 0.113. The summed E-state index contributed by atoms with van der Waals surface area (Å²) >= 11 is 5.96. The van der Waals surface area contributed by atoms with Crippen molar-refractivity contribution in [1.29, 1.82) is 0 Å². The largest absolute Gasteiger partial charge is 0.496 e. The molecular weight excluding hydrogens is 368 g/mol. The maximum absolute atomic E-state index is 12.5. The van der Waals surface area contributed by atoms with Crippen LogP contribution in [-0.2, 0) is 14.8 Å². The minimum absolute atomic E-state index is 0.273. The summed E-state index contributed by atoms with van der Waals surface area (Å²) in [6.45, 7) is 1.00. The smallest absolute Gasteiger partial charge is 0.255 e. The van der Waals surface area contributed by atoms with E-state index < -0.39 is 15.6 Å². The van der Waals surface area contributed by atoms with Gasteiger partial charge in [-0.1, -0.05) is 11.6 Å². The number of ether oxygens (including phenoxy) is 2. The van der Waals surface area contributed by atoms with Crippen LogP contribution >= 0.6 is 11.6 Å². The lowest BCUT2D eigenvalue weighted by Crippen LogP contribution is -2.53. The van der Waals surface area contributed by atoms with E-state index in [9.17, 15) is 13.2 Å². The van der Waals surface area contributed by atoms with Crippen LogP contribution in [-0.4, -0.2) is 64.3 Å². The number of piperidine rings is 1. The Morgan fingerprint density at radius 3 is 2.48 bits per heavy atom. The van der Waals surface area contributed by atoms with Crippen LogP contribution in [0.3, 0.4) is 0 Å². The molecule has 25 heavy (non-hydrogen) atoms. The molecule has 0 radical (unpaired) electrons. The Kier molecular flexibility index (Phi) is 6.31. The molecule has 1 aliphatic rings. The number of halogens is 1. The molecule has 1 amide bonds. The Hall–Kier alpha value is -1.35. The molecule has 140 valence electrons. The fourth-order valence-corrected chi connectivity index (χ4v) is 3.89. The van der Waals surface area contributed by atoms with Crippen molar-refractivity contribution >= 4 is 27.5 Å². The molecule has 9 heteroatoms. The van der Waals surface area contributed by atoms with Crippen LogP contribution in [0, 0.1) is 0 Å². The van der Waals surface area contributed by atoms with Gasteiger partial charge in [0.1, 0.15) is 5.75 Å². The molecule has 0 bridgehead atoms. The van der Waals surface area contributed by atoms with Gasteiger partial charge >= 0.3 is 0 Å². The lowest BCUT2D eigenvalue weighted by molar-refractivity contribution is -0.0424. The topological polar surface area (TPSA) is 84.9 Å². The first-order valence-corrected chi connectivity index (χ1v) is 10.1. The number of rotatable bonds is 6. The van der Waals surface area contributed by atoms with Gasteiger partial charge in [0.05, 0.1) is 24.5 Å². The van der Waals surface area contributed by atoms with E-state index in [1.807, 2.05) is 0 Å². The number of nitrogens with one attached hydrogen (secondary N) is 1. The maximum atomic E-state index is 12.5. The normalized spacial score (nSPS) is 17.9. The second-order valence-electron chi connectivity index (χ2n) is 6.08. The first-order valence-electron chi connectivity index (χ1n) is 7.83. The van der Waals surface area contributed by atoms with Crippen molar-refractivity contribution in [1.82, 2.24) is 9.62 Å². The summed E-state index contributed by atoms with van der Waals surface area (Å²) in [6.07, 6.45) is 2.20. The standard InChI is InChI=1S/C16H23ClN2O5S/c1-23-14-5-4-12(17)10-13(14)15(20)18-11-16(24-2)6-8-19(9-7-16)25(3,21)22/h4-5,10H,6-9,11H2,1-3H3,(H,18,20). The van der Waals surface area contributed by atoms with Crippen molar-refractivity contribution in [3.63, 3.8) is 0 Å². The van der Waals surface area contributed by atoms with E-state index in [0.717, 1.165) is 0 Å². The highest BCUT2D eigenvalue weighted by Crippen LogP contribution is 2.27. The number of sulfonamides is 1. The molecule has 0 spiro atoms. The molecule has 7 nitrogen and oxygen atoms in total. The number of nitrogens with zero attached hydrogens (tertiary/aromatic N) is 1. The van der Waals surface area contributed by atoms with Gasteiger partial charge in [-0.25, -0.2) is 12.7 Å². The quantitative estimate of drug-likeness (QED) is 0.796. The van der Waals surface area contributed by atoms with E-state index in [1.165, 1.54) is 17.7 Å². The molecule has 2 rings (SSSR count). The predicted molar refractivity (Wildman–Crippen MR) is 95.7 cm³/mol. The maximum Gasteiger partial charge on any atom is 0.255 e. The average Bonchev–Trinajstić information content (AvgIpc) is 2.59. The summed E-state index contributed by atoms with van der Waals surface area (Å²) in [7, 11) is -0.158. The van der Waals surface area contributed by atoms with Crippen LogP contribution in [0.5, 0.6) is 5.75 Å². The molecule has 1 aliphatic heterocycles. The number of amides is 1. The highest BCUT2D eigenvalue weighted by atomic mass is 35.5. The Morgan fingerprint density at radius 2 is 1.96 bits per heavy atom. The van der Waals surface area contributed by atoms with E-state index in [0.29, 0.717) is 42.3 Å². The van der Waals surface area contributed by atoms with Crippen LogP contribution in [0.2, 0.25) is 5.02 Å². The number of hydrogen-bond acceptors (Lipinski definition) is 5. The van der Waals surface area contributed by atoms with Crippen LogP contribution in [0.25, 0.3) is 0 Å². The molecule has 0 atom stereocenters. The third kappa shape index (κ3) is 4.84. The molecule has 1 aromatic carbocycles. The molecule has 0 aromatic heterocycles. The summed E-state index contributed by atoms with van der Waals surface area (Å²) < 4.78 is 35.5. The van der Waals surface area contributed by atoms with Crippen LogP contribution < -0.4 is 10.1 Å². The first-order chi connectivity index (χ1) is 11.7. The van der Waals surface area contributed by atoms with E-state index >= 15 is 0 Å². The lowest BCUT2D eigenvalue weighted by Gasteiger charge is -2.39. The summed E-state index contributed by atoms with van der Waals surface area (Å²) in [4.78, 5) is 12.5. The SMILES string of the molecule is COc1ccc(Cl)cc1C(=O)NCC1(OC)CCN(S(C)(=O)=O)CC1. The van der Waals surface area contributed by atoms with Crippen LogP contribution in [0.1, 0.15) is 23.2 Å². The second kappa shape index (κ2) is 7.90. The van der Waals surface area contributed by atoms with Gasteiger partial charge in [-0.05, 0) is 31.0 Å². The summed E-state index contributed by atoms with van der Waals surface area (Å²) in [5, 5.41) is 3.28. The third-order valence-electron chi connectivity index (χ3n) is 4.51. The zero-order valence-corrected chi connectivity index (χ0v) is 16.1. The van der Waals surface area contributed by atoms with E-state index in [1.54, 1.807) is 25.3 Å². The minimum Gasteiger partial charge on any atom is -0.496 e. The van der Waals surface area contributed by atoms with Crippen molar-refractivity contribution in [3.05, 3.63) is 28.8 Å². The van der Waals surface area contributed by atoms with Crippen molar-refractivity contribution in [2.24, 2.45) is 0 Å². The number of benzene rings is 1. The lowest BCUT2D eigenvalue weighted by atomic mass is 9.92. The Labute approximate surface area is 153 Å². The van der Waals surface area contributed by atoms with Crippen LogP contribution in [0.4, 0.5) is 0 Å². The van der Waals surface area contributed by atoms with E-state index in [2.05, 4.69) is 5.32 Å². The number of methoxy groups -OCH3 is 2. The molecular formula is C16H23ClN2O5S. The summed E-state index contributed by atoms with van der Waals surface area (Å²) in [6, 6.07) is 4.82. The number of hydrogen-bond donors (Lipinski definition) is 1. The molecule has 0 aliphatic carbocycles. The van der Waals surface area contributed by atoms with Gasteiger partial charge in [-0.2, -0.15) is 0 Å². The van der Waals surface area contributed by atoms with Gasteiger partial charge in [0.15, 0.2) is 0 Å². The predicted octanol–water partition coefficient (Wildman–Crippen LogP) is 1.52. The third-order valence-corrected chi connectivity index (χ3v) is 6.05. The minimum atomic E-state index is -3.21. The molecule has 1 saturated heterocycles. The summed E-state index contributed by atoms with van der Waals surface area (Å²) in [5.41, 5.74) is -0.252. The zero-order valence-electron chi connectivity index (χ0n) is 14.5. The van der Waals surface area contributed by atoms with E-state index in [-0.39, 0.29) is 12.5 Å². The molecule has 1 heterocycles. The Balaban J connectivity index is 2.04. The van der Waals surface area contributed by atoms with Gasteiger partial charge < -0.3 is 14.8 Å². The Bertz CT molecular complexity index is 730. The highest BCUT2D eigenvalue weighted by Gasteiger charge is 2.37. The van der Waals surface area contributed by atoms with Crippen molar-refractivity contribution in [3.8, 4) is 5.75 Å². The molecule has 1 N–H and O–H groups in total. The van der Waals surface area contributed by atoms with Crippen molar-refractivity contribution in [2.75, 3.05) is 40.1 Å². The van der Waals surface area contributed by atoms with Gasteiger partial charge in [-0.3, -0.25) is 4.79 Å². The van der Waals surface area contributed by atoms with Crippen molar-refractivity contribution in [2.45, 2.75) is 18.4 Å². The van der Waals surface area contributed by atoms with E-state index in [4.69, 9.17) is 21.1 Å². The average molecular weight is 391 g/mol. The molecule has 1 fully saturated rings. The van der Waals surface area contributed by atoms with Gasteiger partial charge in [0.25, 0.3) is 5.91 Å². The van der Waals surface area contributed by atoms with Crippen LogP contribution in [0.15, 0.2) is 18.2 Å². The molecule has 1 aromatic rings. The monoisotopic (exact) mass is 390 g/mol. The van der Waals surface area contributed by atoms with Gasteiger partial charge in [0, 0.05) is 31.8 Å². The number of carbonyl (C=O) groups is 1. The fraction of sp³-hybridized carbons (Fsp3) is 0.562. The highest BCUT2D eigenvalue weighted by molar-refractivity contribution is 7.88. The fourth-order valence-electron chi connectivity index (χ4n) is 2.87. The number of carbonyl (C=O) groups excluding carboxylic acids is 1. The second-order valence-corrected chi connectivity index (χ2v) is 8.50. The molecule has 0 unspecified atom stereocenters. The van der Waals surface area contributed by atoms with Gasteiger partial charge in [-0.15, -0.1) is 0 Å².